The van der Waals surface area contributed by atoms with Gasteiger partial charge in [-0.2, -0.15) is 0 Å². The first-order valence-corrected chi connectivity index (χ1v) is 5.55. The first kappa shape index (κ1) is 10.5. The molecule has 0 aliphatic heterocycles. The summed E-state index contributed by atoms with van der Waals surface area (Å²) in [5.74, 6) is 1.41. The van der Waals surface area contributed by atoms with Crippen molar-refractivity contribution in [2.45, 2.75) is 38.2 Å². The molecular formula is C13H18O2. The molecule has 0 bridgehead atoms. The van der Waals surface area contributed by atoms with Crippen LogP contribution in [-0.4, -0.2) is 17.3 Å². The molecule has 0 atom stereocenters. The Bertz CT molecular complexity index is 323. The molecule has 1 aromatic rings. The van der Waals surface area contributed by atoms with Crippen molar-refractivity contribution >= 4 is 0 Å². The molecular weight excluding hydrogens is 188 g/mol. The molecule has 2 heteroatoms. The van der Waals surface area contributed by atoms with Gasteiger partial charge in [0, 0.05) is 0 Å². The SMILES string of the molecule is CC(C)c1ccc(OC2(CO)CC2)cc1. The summed E-state index contributed by atoms with van der Waals surface area (Å²) in [6.45, 7) is 4.47. The van der Waals surface area contributed by atoms with Crippen molar-refractivity contribution in [3.05, 3.63) is 29.8 Å². The smallest absolute Gasteiger partial charge is 0.132 e. The van der Waals surface area contributed by atoms with Gasteiger partial charge in [0.1, 0.15) is 11.4 Å². The number of hydrogen-bond donors (Lipinski definition) is 1. The summed E-state index contributed by atoms with van der Waals surface area (Å²) in [6.07, 6.45) is 1.94. The Morgan fingerprint density at radius 2 is 1.87 bits per heavy atom. The van der Waals surface area contributed by atoms with Crippen LogP contribution in [0.25, 0.3) is 0 Å². The molecule has 0 unspecified atom stereocenters. The van der Waals surface area contributed by atoms with Gasteiger partial charge in [-0.1, -0.05) is 26.0 Å². The van der Waals surface area contributed by atoms with Crippen LogP contribution in [0.3, 0.4) is 0 Å². The van der Waals surface area contributed by atoms with Gasteiger partial charge in [0.05, 0.1) is 6.61 Å². The summed E-state index contributed by atoms with van der Waals surface area (Å²) >= 11 is 0. The molecule has 0 aromatic heterocycles. The molecule has 1 saturated carbocycles. The highest BCUT2D eigenvalue weighted by Gasteiger charge is 2.44. The van der Waals surface area contributed by atoms with Crippen LogP contribution >= 0.6 is 0 Å². The average molecular weight is 206 g/mol. The van der Waals surface area contributed by atoms with Gasteiger partial charge >= 0.3 is 0 Å². The highest BCUT2D eigenvalue weighted by molar-refractivity contribution is 5.30. The van der Waals surface area contributed by atoms with Crippen molar-refractivity contribution in [3.63, 3.8) is 0 Å². The zero-order chi connectivity index (χ0) is 10.9. The summed E-state index contributed by atoms with van der Waals surface area (Å²) in [6, 6.07) is 8.16. The molecule has 0 saturated heterocycles. The van der Waals surface area contributed by atoms with Gasteiger partial charge in [0.2, 0.25) is 0 Å². The Hall–Kier alpha value is -1.02. The van der Waals surface area contributed by atoms with Gasteiger partial charge in [-0.25, -0.2) is 0 Å². The van der Waals surface area contributed by atoms with Crippen molar-refractivity contribution in [1.82, 2.24) is 0 Å². The van der Waals surface area contributed by atoms with E-state index in [9.17, 15) is 0 Å². The fraction of sp³-hybridized carbons (Fsp3) is 0.538. The molecule has 1 aliphatic rings. The van der Waals surface area contributed by atoms with E-state index < -0.39 is 0 Å². The van der Waals surface area contributed by atoms with Crippen LogP contribution in [0, 0.1) is 0 Å². The van der Waals surface area contributed by atoms with E-state index in [4.69, 9.17) is 9.84 Å². The Morgan fingerprint density at radius 1 is 1.27 bits per heavy atom. The van der Waals surface area contributed by atoms with Gasteiger partial charge < -0.3 is 9.84 Å². The highest BCUT2D eigenvalue weighted by Crippen LogP contribution is 2.39. The second-order valence-electron chi connectivity index (χ2n) is 4.67. The second kappa shape index (κ2) is 3.86. The minimum absolute atomic E-state index is 0.124. The molecule has 1 fully saturated rings. The van der Waals surface area contributed by atoms with Crippen molar-refractivity contribution in [3.8, 4) is 5.75 Å². The predicted octanol–water partition coefficient (Wildman–Crippen LogP) is 2.71. The molecule has 2 rings (SSSR count). The molecule has 0 radical (unpaired) electrons. The quantitative estimate of drug-likeness (QED) is 0.820. The number of benzene rings is 1. The maximum absolute atomic E-state index is 9.14. The maximum Gasteiger partial charge on any atom is 0.132 e. The van der Waals surface area contributed by atoms with Gasteiger partial charge in [0.15, 0.2) is 0 Å². The summed E-state index contributed by atoms with van der Waals surface area (Å²) in [4.78, 5) is 0. The minimum atomic E-state index is -0.265. The number of hydrogen-bond acceptors (Lipinski definition) is 2. The first-order chi connectivity index (χ1) is 7.15. The van der Waals surface area contributed by atoms with Gasteiger partial charge in [-0.05, 0) is 36.5 Å². The van der Waals surface area contributed by atoms with Crippen LogP contribution in [0.1, 0.15) is 38.2 Å². The standard InChI is InChI=1S/C13H18O2/c1-10(2)11-3-5-12(6-4-11)15-13(9-14)7-8-13/h3-6,10,14H,7-9H2,1-2H3. The van der Waals surface area contributed by atoms with Gasteiger partial charge in [-0.15, -0.1) is 0 Å². The summed E-state index contributed by atoms with van der Waals surface area (Å²) in [7, 11) is 0. The average Bonchev–Trinajstić information content (AvgIpc) is 2.99. The lowest BCUT2D eigenvalue weighted by atomic mass is 10.0. The van der Waals surface area contributed by atoms with Gasteiger partial charge in [-0.3, -0.25) is 0 Å². The van der Waals surface area contributed by atoms with E-state index in [1.54, 1.807) is 0 Å². The number of aliphatic hydroxyl groups is 1. The third kappa shape index (κ3) is 2.32. The molecule has 82 valence electrons. The van der Waals surface area contributed by atoms with Crippen LogP contribution in [0.4, 0.5) is 0 Å². The van der Waals surface area contributed by atoms with Crippen LogP contribution < -0.4 is 4.74 Å². The number of rotatable bonds is 4. The van der Waals surface area contributed by atoms with Crippen molar-refractivity contribution in [2.24, 2.45) is 0 Å². The van der Waals surface area contributed by atoms with E-state index in [0.717, 1.165) is 18.6 Å². The zero-order valence-electron chi connectivity index (χ0n) is 9.36. The normalized spacial score (nSPS) is 17.9. The van der Waals surface area contributed by atoms with Crippen molar-refractivity contribution in [2.75, 3.05) is 6.61 Å². The molecule has 0 heterocycles. The van der Waals surface area contributed by atoms with Crippen molar-refractivity contribution < 1.29 is 9.84 Å². The largest absolute Gasteiger partial charge is 0.485 e. The molecule has 1 N–H and O–H groups in total. The maximum atomic E-state index is 9.14. The summed E-state index contributed by atoms with van der Waals surface area (Å²) in [5, 5.41) is 9.14. The fourth-order valence-electron chi connectivity index (χ4n) is 1.60. The highest BCUT2D eigenvalue weighted by atomic mass is 16.5. The zero-order valence-corrected chi connectivity index (χ0v) is 9.36. The lowest BCUT2D eigenvalue weighted by molar-refractivity contribution is 0.0953. The van der Waals surface area contributed by atoms with E-state index in [1.807, 2.05) is 12.1 Å². The van der Waals surface area contributed by atoms with Crippen LogP contribution in [0.5, 0.6) is 5.75 Å². The van der Waals surface area contributed by atoms with Crippen LogP contribution in [-0.2, 0) is 0 Å². The van der Waals surface area contributed by atoms with E-state index in [-0.39, 0.29) is 12.2 Å². The Kier molecular flexibility index (Phi) is 2.70. The molecule has 1 aromatic carbocycles. The topological polar surface area (TPSA) is 29.5 Å². The number of aliphatic hydroxyl groups excluding tert-OH is 1. The first-order valence-electron chi connectivity index (χ1n) is 5.55. The minimum Gasteiger partial charge on any atom is -0.485 e. The predicted molar refractivity (Wildman–Crippen MR) is 60.2 cm³/mol. The molecule has 1 aliphatic carbocycles. The van der Waals surface area contributed by atoms with E-state index in [0.29, 0.717) is 5.92 Å². The molecule has 15 heavy (non-hydrogen) atoms. The molecule has 2 nitrogen and oxygen atoms in total. The van der Waals surface area contributed by atoms with Crippen LogP contribution in [0.2, 0.25) is 0 Å². The van der Waals surface area contributed by atoms with E-state index in [1.165, 1.54) is 5.56 Å². The molecule has 0 amide bonds. The monoisotopic (exact) mass is 206 g/mol. The van der Waals surface area contributed by atoms with E-state index in [2.05, 4.69) is 26.0 Å². The Balaban J connectivity index is 2.04. The Morgan fingerprint density at radius 3 is 2.27 bits per heavy atom. The lowest BCUT2D eigenvalue weighted by Crippen LogP contribution is -2.22. The Labute approximate surface area is 90.9 Å². The molecule has 0 spiro atoms. The van der Waals surface area contributed by atoms with Crippen molar-refractivity contribution in [1.29, 1.82) is 0 Å². The lowest BCUT2D eigenvalue weighted by Gasteiger charge is -2.15. The fourth-order valence-corrected chi connectivity index (χ4v) is 1.60. The third-order valence-corrected chi connectivity index (χ3v) is 2.98. The summed E-state index contributed by atoms with van der Waals surface area (Å²) in [5.41, 5.74) is 1.05. The second-order valence-corrected chi connectivity index (χ2v) is 4.67. The van der Waals surface area contributed by atoms with Gasteiger partial charge in [0.25, 0.3) is 0 Å². The van der Waals surface area contributed by atoms with E-state index >= 15 is 0 Å². The third-order valence-electron chi connectivity index (χ3n) is 2.98. The number of ether oxygens (including phenoxy) is 1. The summed E-state index contributed by atoms with van der Waals surface area (Å²) < 4.78 is 5.75. The van der Waals surface area contributed by atoms with Crippen LogP contribution in [0.15, 0.2) is 24.3 Å².